The van der Waals surface area contributed by atoms with Crippen LogP contribution < -0.4 is 4.90 Å². The number of anilines is 1. The van der Waals surface area contributed by atoms with Gasteiger partial charge in [0.25, 0.3) is 0 Å². The molecule has 0 radical (unpaired) electrons. The molecule has 3 aromatic rings. The number of β-amino-alcohol motifs (C(OH)–C–C–N with tert-alkyl or cyclic N) is 1. The summed E-state index contributed by atoms with van der Waals surface area (Å²) in [6, 6.07) is 15.4. The van der Waals surface area contributed by atoms with Gasteiger partial charge in [0.15, 0.2) is 0 Å². The fourth-order valence-electron chi connectivity index (χ4n) is 5.17. The first-order valence-electron chi connectivity index (χ1n) is 13.1. The van der Waals surface area contributed by atoms with Crippen LogP contribution in [0.15, 0.2) is 53.4 Å². The van der Waals surface area contributed by atoms with Crippen molar-refractivity contribution in [3.8, 4) is 11.3 Å². The molecule has 0 bridgehead atoms. The number of sulfonamides is 1. The number of ether oxygens (including phenoxy) is 1. The van der Waals surface area contributed by atoms with E-state index < -0.39 is 10.0 Å². The van der Waals surface area contributed by atoms with Crippen LogP contribution in [0.1, 0.15) is 26.7 Å². The van der Waals surface area contributed by atoms with E-state index in [4.69, 9.17) is 4.74 Å². The molecule has 4 heterocycles. The molecular formula is C28H36N4O5S. The topological polar surface area (TPSA) is 106 Å². The minimum Gasteiger partial charge on any atom is -0.391 e. The average molecular weight is 541 g/mol. The fourth-order valence-corrected chi connectivity index (χ4v) is 6.71. The maximum absolute atomic E-state index is 12.9. The summed E-state index contributed by atoms with van der Waals surface area (Å²) >= 11 is 0. The highest BCUT2D eigenvalue weighted by Gasteiger charge is 2.31. The number of benzene rings is 2. The van der Waals surface area contributed by atoms with Crippen molar-refractivity contribution in [2.45, 2.75) is 43.3 Å². The van der Waals surface area contributed by atoms with Crippen molar-refractivity contribution in [2.75, 3.05) is 50.8 Å². The Morgan fingerprint density at radius 1 is 1.08 bits per heavy atom. The van der Waals surface area contributed by atoms with Gasteiger partial charge in [-0.1, -0.05) is 18.2 Å². The van der Waals surface area contributed by atoms with Gasteiger partial charge in [0.1, 0.15) is 0 Å². The number of fused-ring (bicyclic) bond motifs is 1. The Labute approximate surface area is 224 Å². The van der Waals surface area contributed by atoms with Crippen LogP contribution in [0.25, 0.3) is 22.2 Å². The molecule has 38 heavy (non-hydrogen) atoms. The standard InChI is InChI=1S/C21H23N3O3S.C7H13NO2/c25-16-8-11-23(14-16)21-7-6-17(28(26,27)24-9-3-10-24)13-18(21)20-12-15-4-1-2-5-19(15)22-20;1-7(2)5-8(6-9)3-4-10-7/h1-2,4-7,12-13,16,22,25H,3,8-11,14H2;6H,3-5H2,1-2H3. The molecule has 0 aliphatic carbocycles. The second kappa shape index (κ2) is 10.7. The van der Waals surface area contributed by atoms with Crippen LogP contribution in [-0.2, 0) is 19.6 Å². The molecule has 3 saturated heterocycles. The summed E-state index contributed by atoms with van der Waals surface area (Å²) in [6.45, 7) is 8.56. The van der Waals surface area contributed by atoms with Gasteiger partial charge in [0.05, 0.1) is 23.2 Å². The second-order valence-electron chi connectivity index (χ2n) is 10.8. The number of hydrogen-bond donors (Lipinski definition) is 2. The Morgan fingerprint density at radius 2 is 1.87 bits per heavy atom. The van der Waals surface area contributed by atoms with E-state index in [2.05, 4.69) is 16.0 Å². The number of carbonyl (C=O) groups is 1. The zero-order valence-corrected chi connectivity index (χ0v) is 22.8. The maximum atomic E-state index is 12.9. The number of para-hydroxylation sites is 1. The lowest BCUT2D eigenvalue weighted by molar-refractivity contribution is -0.133. The Kier molecular flexibility index (Phi) is 7.50. The number of aliphatic hydroxyl groups excluding tert-OH is 1. The molecule has 9 nitrogen and oxygen atoms in total. The van der Waals surface area contributed by atoms with Gasteiger partial charge >= 0.3 is 0 Å². The Hall–Kier alpha value is -2.92. The average Bonchev–Trinajstić information content (AvgIpc) is 3.48. The lowest BCUT2D eigenvalue weighted by atomic mass is 10.1. The number of carbonyl (C=O) groups excluding carboxylic acids is 1. The van der Waals surface area contributed by atoms with Crippen molar-refractivity contribution in [2.24, 2.45) is 0 Å². The minimum absolute atomic E-state index is 0.154. The second-order valence-corrected chi connectivity index (χ2v) is 12.7. The van der Waals surface area contributed by atoms with Gasteiger partial charge in [0, 0.05) is 67.1 Å². The van der Waals surface area contributed by atoms with Crippen LogP contribution in [0.5, 0.6) is 0 Å². The molecule has 1 amide bonds. The van der Waals surface area contributed by atoms with E-state index in [1.165, 1.54) is 4.31 Å². The Bertz CT molecular complexity index is 1370. The molecular weight excluding hydrogens is 504 g/mol. The number of aromatic nitrogens is 1. The van der Waals surface area contributed by atoms with E-state index in [1.807, 2.05) is 44.2 Å². The molecule has 1 atom stereocenters. The van der Waals surface area contributed by atoms with Crippen molar-refractivity contribution >= 4 is 33.0 Å². The Balaban J connectivity index is 0.000000249. The zero-order valence-electron chi connectivity index (χ0n) is 22.0. The first kappa shape index (κ1) is 26.7. The van der Waals surface area contributed by atoms with Gasteiger partial charge < -0.3 is 24.6 Å². The van der Waals surface area contributed by atoms with Crippen molar-refractivity contribution in [3.05, 3.63) is 48.5 Å². The third-order valence-corrected chi connectivity index (χ3v) is 9.24. The summed E-state index contributed by atoms with van der Waals surface area (Å²) in [5.74, 6) is 0. The van der Waals surface area contributed by atoms with E-state index >= 15 is 0 Å². The number of nitrogens with one attached hydrogen (secondary N) is 1. The number of nitrogens with zero attached hydrogens (tertiary/aromatic N) is 3. The molecule has 2 aromatic carbocycles. The van der Waals surface area contributed by atoms with Crippen molar-refractivity contribution in [1.82, 2.24) is 14.2 Å². The molecule has 10 heteroatoms. The molecule has 0 spiro atoms. The quantitative estimate of drug-likeness (QED) is 0.482. The molecule has 1 unspecified atom stereocenters. The first-order valence-corrected chi connectivity index (χ1v) is 14.6. The highest BCUT2D eigenvalue weighted by molar-refractivity contribution is 7.89. The largest absolute Gasteiger partial charge is 0.391 e. The smallest absolute Gasteiger partial charge is 0.243 e. The summed E-state index contributed by atoms with van der Waals surface area (Å²) in [4.78, 5) is 17.9. The summed E-state index contributed by atoms with van der Waals surface area (Å²) in [6.07, 6.45) is 2.17. The third kappa shape index (κ3) is 5.58. The molecule has 6 rings (SSSR count). The van der Waals surface area contributed by atoms with Crippen LogP contribution in [0.3, 0.4) is 0 Å². The summed E-state index contributed by atoms with van der Waals surface area (Å²) < 4.78 is 32.8. The SMILES string of the molecule is CC1(C)CN(C=O)CCO1.O=S(=O)(c1ccc(N2CCC(O)C2)c(-c2cc3ccccc3[nH]2)c1)N1CCC1. The predicted octanol–water partition coefficient (Wildman–Crippen LogP) is 3.05. The minimum atomic E-state index is -3.46. The summed E-state index contributed by atoms with van der Waals surface area (Å²) in [5, 5.41) is 11.1. The summed E-state index contributed by atoms with van der Waals surface area (Å²) in [5.41, 5.74) is 3.55. The molecule has 0 saturated carbocycles. The molecule has 3 fully saturated rings. The van der Waals surface area contributed by atoms with Crippen LogP contribution in [-0.4, -0.2) is 91.7 Å². The molecule has 2 N–H and O–H groups in total. The number of amides is 1. The number of aliphatic hydroxyl groups is 1. The van der Waals surface area contributed by atoms with Gasteiger partial charge in [-0.3, -0.25) is 4.79 Å². The Morgan fingerprint density at radius 3 is 2.47 bits per heavy atom. The van der Waals surface area contributed by atoms with E-state index in [0.717, 1.165) is 60.2 Å². The van der Waals surface area contributed by atoms with E-state index in [-0.39, 0.29) is 11.7 Å². The number of aromatic amines is 1. The number of morpholine rings is 1. The van der Waals surface area contributed by atoms with Gasteiger partial charge in [-0.15, -0.1) is 0 Å². The van der Waals surface area contributed by atoms with Crippen LogP contribution >= 0.6 is 0 Å². The molecule has 1 aromatic heterocycles. The molecule has 3 aliphatic rings. The number of hydrogen-bond acceptors (Lipinski definition) is 6. The van der Waals surface area contributed by atoms with Crippen molar-refractivity contribution < 1.29 is 23.1 Å². The first-order chi connectivity index (χ1) is 18.2. The van der Waals surface area contributed by atoms with Gasteiger partial charge in [0.2, 0.25) is 16.4 Å². The van der Waals surface area contributed by atoms with Crippen LogP contribution in [0.2, 0.25) is 0 Å². The van der Waals surface area contributed by atoms with Crippen molar-refractivity contribution in [3.63, 3.8) is 0 Å². The molecule has 204 valence electrons. The van der Waals surface area contributed by atoms with Gasteiger partial charge in [-0.2, -0.15) is 4.31 Å². The fraction of sp³-hybridized carbons (Fsp3) is 0.464. The number of H-pyrrole nitrogens is 1. The highest BCUT2D eigenvalue weighted by atomic mass is 32.2. The van der Waals surface area contributed by atoms with Gasteiger partial charge in [-0.25, -0.2) is 8.42 Å². The third-order valence-electron chi connectivity index (χ3n) is 7.35. The van der Waals surface area contributed by atoms with Gasteiger partial charge in [-0.05, 0) is 57.0 Å². The normalized spacial score (nSPS) is 21.6. The summed E-state index contributed by atoms with van der Waals surface area (Å²) in [7, 11) is -3.46. The predicted molar refractivity (Wildman–Crippen MR) is 148 cm³/mol. The lowest BCUT2D eigenvalue weighted by Gasteiger charge is -2.35. The molecule has 3 aliphatic heterocycles. The highest BCUT2D eigenvalue weighted by Crippen LogP contribution is 2.37. The van der Waals surface area contributed by atoms with E-state index in [9.17, 15) is 18.3 Å². The van der Waals surface area contributed by atoms with E-state index in [0.29, 0.717) is 37.7 Å². The maximum Gasteiger partial charge on any atom is 0.243 e. The monoisotopic (exact) mass is 540 g/mol. The van der Waals surface area contributed by atoms with Crippen molar-refractivity contribution in [1.29, 1.82) is 0 Å². The van der Waals surface area contributed by atoms with Crippen LogP contribution in [0.4, 0.5) is 5.69 Å². The van der Waals surface area contributed by atoms with E-state index in [1.54, 1.807) is 17.0 Å². The number of rotatable bonds is 5. The van der Waals surface area contributed by atoms with Crippen LogP contribution in [0, 0.1) is 0 Å². The zero-order chi connectivity index (χ0) is 26.9. The lowest BCUT2D eigenvalue weighted by Crippen LogP contribution is -2.47.